The van der Waals surface area contributed by atoms with E-state index in [4.69, 9.17) is 4.42 Å². The topological polar surface area (TPSA) is 88.3 Å². The number of aromatic nitrogens is 2. The summed E-state index contributed by atoms with van der Waals surface area (Å²) in [4.78, 5) is 27.1. The molecule has 7 nitrogen and oxygen atoms in total. The van der Waals surface area contributed by atoms with Gasteiger partial charge in [-0.05, 0) is 62.1 Å². The molecule has 1 atom stereocenters. The normalized spacial score (nSPS) is 16.1. The van der Waals surface area contributed by atoms with E-state index in [0.717, 1.165) is 36.0 Å². The number of likely N-dealkylation sites (tertiary alicyclic amines) is 1. The first-order valence-electron chi connectivity index (χ1n) is 11.1. The minimum atomic E-state index is -0.142. The highest BCUT2D eigenvalue weighted by atomic mass is 16.4. The molecule has 1 unspecified atom stereocenters. The molecule has 7 heteroatoms. The second-order valence-corrected chi connectivity index (χ2v) is 8.19. The Bertz CT molecular complexity index is 1090. The molecule has 2 aromatic carbocycles. The molecule has 1 saturated heterocycles. The van der Waals surface area contributed by atoms with Crippen molar-refractivity contribution in [2.45, 2.75) is 33.1 Å². The molecule has 1 fully saturated rings. The summed E-state index contributed by atoms with van der Waals surface area (Å²) in [5.74, 6) is 0.722. The predicted molar refractivity (Wildman–Crippen MR) is 122 cm³/mol. The van der Waals surface area contributed by atoms with Crippen molar-refractivity contribution in [1.29, 1.82) is 0 Å². The Kier molecular flexibility index (Phi) is 6.63. The maximum atomic E-state index is 13.0. The number of amides is 2. The van der Waals surface area contributed by atoms with E-state index in [9.17, 15) is 9.59 Å². The van der Waals surface area contributed by atoms with E-state index in [-0.39, 0.29) is 17.7 Å². The van der Waals surface area contributed by atoms with Crippen LogP contribution < -0.4 is 5.32 Å². The summed E-state index contributed by atoms with van der Waals surface area (Å²) in [6.07, 6.45) is 2.55. The molecular weight excluding hydrogens is 404 g/mol. The predicted octanol–water partition coefficient (Wildman–Crippen LogP) is 4.09. The van der Waals surface area contributed by atoms with E-state index in [1.165, 1.54) is 0 Å². The van der Waals surface area contributed by atoms with Crippen LogP contribution in [0.1, 0.15) is 42.1 Å². The van der Waals surface area contributed by atoms with Crippen LogP contribution >= 0.6 is 0 Å². The Hall–Kier alpha value is -3.48. The molecule has 2 heterocycles. The molecule has 1 N–H and O–H groups in total. The zero-order valence-electron chi connectivity index (χ0n) is 18.5. The molecule has 0 spiro atoms. The number of carbonyl (C=O) groups excluding carboxylic acids is 2. The Labute approximate surface area is 187 Å². The molecule has 3 aromatic rings. The van der Waals surface area contributed by atoms with E-state index >= 15 is 0 Å². The van der Waals surface area contributed by atoms with Gasteiger partial charge in [-0.15, -0.1) is 10.2 Å². The lowest BCUT2D eigenvalue weighted by Gasteiger charge is -2.32. The molecule has 166 valence electrons. The van der Waals surface area contributed by atoms with Crippen LogP contribution in [0, 0.1) is 12.8 Å². The minimum absolute atomic E-state index is 0.0422. The van der Waals surface area contributed by atoms with Gasteiger partial charge in [0.1, 0.15) is 0 Å². The molecule has 4 rings (SSSR count). The van der Waals surface area contributed by atoms with Crippen molar-refractivity contribution in [3.05, 3.63) is 59.7 Å². The second-order valence-electron chi connectivity index (χ2n) is 8.19. The number of nitrogens with zero attached hydrogens (tertiary/aromatic N) is 3. The summed E-state index contributed by atoms with van der Waals surface area (Å²) in [7, 11) is 0. The molecule has 0 saturated carbocycles. The van der Waals surface area contributed by atoms with Gasteiger partial charge in [-0.1, -0.05) is 25.1 Å². The lowest BCUT2D eigenvalue weighted by Crippen LogP contribution is -2.45. The van der Waals surface area contributed by atoms with Crippen molar-refractivity contribution in [2.24, 2.45) is 5.92 Å². The number of piperidine rings is 1. The summed E-state index contributed by atoms with van der Waals surface area (Å²) in [5, 5.41) is 11.3. The zero-order chi connectivity index (χ0) is 22.5. The fraction of sp³-hybridized carbons (Fsp3) is 0.360. The van der Waals surface area contributed by atoms with Crippen LogP contribution in [0.25, 0.3) is 22.9 Å². The van der Waals surface area contributed by atoms with E-state index in [2.05, 4.69) is 15.5 Å². The van der Waals surface area contributed by atoms with Crippen molar-refractivity contribution in [3.8, 4) is 22.9 Å². The van der Waals surface area contributed by atoms with Gasteiger partial charge < -0.3 is 14.6 Å². The SMILES string of the molecule is CCCNC(=O)C1CCCN(C(=O)c2ccc(-c3nnc(-c4ccccc4C)o3)cc2)C1. The van der Waals surface area contributed by atoms with Gasteiger partial charge in [0.25, 0.3) is 5.91 Å². The molecule has 0 aliphatic carbocycles. The summed E-state index contributed by atoms with van der Waals surface area (Å²) in [5.41, 5.74) is 3.30. The number of hydrogen-bond donors (Lipinski definition) is 1. The number of rotatable bonds is 6. The molecule has 1 aliphatic heterocycles. The van der Waals surface area contributed by atoms with Gasteiger partial charge in [0, 0.05) is 36.3 Å². The first-order chi connectivity index (χ1) is 15.6. The van der Waals surface area contributed by atoms with Gasteiger partial charge in [0.2, 0.25) is 17.7 Å². The van der Waals surface area contributed by atoms with Crippen LogP contribution in [0.2, 0.25) is 0 Å². The van der Waals surface area contributed by atoms with E-state index in [1.54, 1.807) is 17.0 Å². The van der Waals surface area contributed by atoms with Gasteiger partial charge in [-0.3, -0.25) is 9.59 Å². The van der Waals surface area contributed by atoms with Crippen LogP contribution in [-0.2, 0) is 4.79 Å². The molecule has 2 amide bonds. The average molecular weight is 433 g/mol. The lowest BCUT2D eigenvalue weighted by atomic mass is 9.96. The number of carbonyl (C=O) groups is 2. The number of hydrogen-bond acceptors (Lipinski definition) is 5. The summed E-state index contributed by atoms with van der Waals surface area (Å²) in [6, 6.07) is 15.0. The number of nitrogens with one attached hydrogen (secondary N) is 1. The van der Waals surface area contributed by atoms with Crippen LogP contribution in [0.3, 0.4) is 0 Å². The smallest absolute Gasteiger partial charge is 0.253 e. The van der Waals surface area contributed by atoms with Crippen molar-refractivity contribution in [1.82, 2.24) is 20.4 Å². The van der Waals surface area contributed by atoms with Crippen molar-refractivity contribution in [3.63, 3.8) is 0 Å². The van der Waals surface area contributed by atoms with Crippen molar-refractivity contribution >= 4 is 11.8 Å². The van der Waals surface area contributed by atoms with Gasteiger partial charge in [-0.25, -0.2) is 0 Å². The van der Waals surface area contributed by atoms with E-state index in [1.807, 2.05) is 50.2 Å². The van der Waals surface area contributed by atoms with Crippen LogP contribution in [0.4, 0.5) is 0 Å². The molecule has 0 radical (unpaired) electrons. The molecule has 1 aromatic heterocycles. The van der Waals surface area contributed by atoms with Gasteiger partial charge in [0.15, 0.2) is 0 Å². The molecule has 1 aliphatic rings. The van der Waals surface area contributed by atoms with E-state index < -0.39 is 0 Å². The Morgan fingerprint density at radius 1 is 1.09 bits per heavy atom. The molecular formula is C25H28N4O3. The monoisotopic (exact) mass is 432 g/mol. The Balaban J connectivity index is 1.44. The average Bonchev–Trinajstić information content (AvgIpc) is 3.32. The summed E-state index contributed by atoms with van der Waals surface area (Å²) >= 11 is 0. The quantitative estimate of drug-likeness (QED) is 0.634. The van der Waals surface area contributed by atoms with E-state index in [0.29, 0.717) is 37.0 Å². The van der Waals surface area contributed by atoms with Crippen LogP contribution in [0.15, 0.2) is 52.9 Å². The minimum Gasteiger partial charge on any atom is -0.416 e. The standard InChI is InChI=1S/C25H28N4O3/c1-3-14-26-22(30)20-8-6-15-29(16-20)25(31)19-12-10-18(11-13-19)23-27-28-24(32-23)21-9-5-4-7-17(21)2/h4-5,7,9-13,20H,3,6,8,14-16H2,1-2H3,(H,26,30). The van der Waals surface area contributed by atoms with Crippen LogP contribution in [0.5, 0.6) is 0 Å². The Morgan fingerprint density at radius 2 is 1.84 bits per heavy atom. The number of aryl methyl sites for hydroxylation is 1. The Morgan fingerprint density at radius 3 is 2.59 bits per heavy atom. The van der Waals surface area contributed by atoms with Gasteiger partial charge in [0.05, 0.1) is 5.92 Å². The second kappa shape index (κ2) is 9.77. The first kappa shape index (κ1) is 21.7. The lowest BCUT2D eigenvalue weighted by molar-refractivity contribution is -0.126. The fourth-order valence-corrected chi connectivity index (χ4v) is 3.97. The number of benzene rings is 2. The van der Waals surface area contributed by atoms with Crippen molar-refractivity contribution in [2.75, 3.05) is 19.6 Å². The molecule has 32 heavy (non-hydrogen) atoms. The highest BCUT2D eigenvalue weighted by Crippen LogP contribution is 2.26. The third-order valence-electron chi connectivity index (χ3n) is 5.81. The van der Waals surface area contributed by atoms with Gasteiger partial charge >= 0.3 is 0 Å². The largest absolute Gasteiger partial charge is 0.416 e. The third-order valence-corrected chi connectivity index (χ3v) is 5.81. The maximum absolute atomic E-state index is 13.0. The van der Waals surface area contributed by atoms with Crippen LogP contribution in [-0.4, -0.2) is 46.5 Å². The summed E-state index contributed by atoms with van der Waals surface area (Å²) < 4.78 is 5.86. The first-order valence-corrected chi connectivity index (χ1v) is 11.1. The zero-order valence-corrected chi connectivity index (χ0v) is 18.5. The van der Waals surface area contributed by atoms with Crippen molar-refractivity contribution < 1.29 is 14.0 Å². The fourth-order valence-electron chi connectivity index (χ4n) is 3.97. The molecule has 0 bridgehead atoms. The third kappa shape index (κ3) is 4.72. The summed E-state index contributed by atoms with van der Waals surface area (Å²) in [6.45, 7) is 5.82. The highest BCUT2D eigenvalue weighted by Gasteiger charge is 2.28. The maximum Gasteiger partial charge on any atom is 0.253 e. The highest BCUT2D eigenvalue weighted by molar-refractivity contribution is 5.95. The van der Waals surface area contributed by atoms with Gasteiger partial charge in [-0.2, -0.15) is 0 Å².